The average Bonchev–Trinajstić information content (AvgIpc) is 2.08. The number of phenolic OH excluding ortho intramolecular Hbond substituents is 1. The van der Waals surface area contributed by atoms with Crippen molar-refractivity contribution < 1.29 is 5.11 Å². The number of rotatable bonds is 1. The van der Waals surface area contributed by atoms with Crippen LogP contribution in [0.15, 0.2) is 18.2 Å². The Balaban J connectivity index is 0.000000561. The van der Waals surface area contributed by atoms with Gasteiger partial charge in [0.1, 0.15) is 5.75 Å². The van der Waals surface area contributed by atoms with Gasteiger partial charge in [0.25, 0.3) is 0 Å². The third kappa shape index (κ3) is 2.95. The minimum absolute atomic E-state index is 0.419. The van der Waals surface area contributed by atoms with E-state index in [0.29, 0.717) is 5.75 Å². The minimum Gasteiger partial charge on any atom is -0.508 e. The van der Waals surface area contributed by atoms with E-state index in [2.05, 4.69) is 0 Å². The lowest BCUT2D eigenvalue weighted by molar-refractivity contribution is 0.468. The molecule has 0 radical (unpaired) electrons. The Morgan fingerprint density at radius 3 is 2.25 bits per heavy atom. The van der Waals surface area contributed by atoms with Gasteiger partial charge >= 0.3 is 0 Å². The molecule has 0 bridgehead atoms. The molecule has 12 heavy (non-hydrogen) atoms. The van der Waals surface area contributed by atoms with Gasteiger partial charge in [0.2, 0.25) is 0 Å². The van der Waals surface area contributed by atoms with Crippen molar-refractivity contribution in [3.8, 4) is 5.75 Å². The molecule has 0 unspecified atom stereocenters. The molecule has 0 aliphatic heterocycles. The molecule has 0 aromatic heterocycles. The first-order valence-electron chi connectivity index (χ1n) is 4.52. The monoisotopic (exact) mass is 166 g/mol. The zero-order valence-electron chi connectivity index (χ0n) is 8.39. The molecule has 0 aliphatic rings. The maximum absolute atomic E-state index is 9.29. The van der Waals surface area contributed by atoms with Crippen LogP contribution in [-0.4, -0.2) is 5.11 Å². The van der Waals surface area contributed by atoms with Gasteiger partial charge in [-0.1, -0.05) is 32.9 Å². The van der Waals surface area contributed by atoms with Crippen molar-refractivity contribution in [2.24, 2.45) is 0 Å². The van der Waals surface area contributed by atoms with Crippen LogP contribution in [-0.2, 0) is 6.42 Å². The van der Waals surface area contributed by atoms with Crippen LogP contribution in [0.2, 0.25) is 0 Å². The third-order valence-corrected chi connectivity index (χ3v) is 1.62. The van der Waals surface area contributed by atoms with E-state index < -0.39 is 0 Å². The minimum atomic E-state index is 0.419. The van der Waals surface area contributed by atoms with Crippen LogP contribution < -0.4 is 0 Å². The summed E-state index contributed by atoms with van der Waals surface area (Å²) in [6, 6.07) is 5.77. The molecule has 1 aromatic carbocycles. The quantitative estimate of drug-likeness (QED) is 0.678. The van der Waals surface area contributed by atoms with Crippen LogP contribution in [0.25, 0.3) is 0 Å². The van der Waals surface area contributed by atoms with Gasteiger partial charge in [-0.3, -0.25) is 0 Å². The highest BCUT2D eigenvalue weighted by Gasteiger charge is 1.96. The maximum atomic E-state index is 9.29. The van der Waals surface area contributed by atoms with Crippen LogP contribution in [0.4, 0.5) is 0 Å². The van der Waals surface area contributed by atoms with Crippen LogP contribution in [0.3, 0.4) is 0 Å². The van der Waals surface area contributed by atoms with E-state index in [1.165, 1.54) is 0 Å². The summed E-state index contributed by atoms with van der Waals surface area (Å²) in [6.45, 7) is 8.00. The van der Waals surface area contributed by atoms with Crippen molar-refractivity contribution in [1.29, 1.82) is 0 Å². The Bertz CT molecular complexity index is 228. The van der Waals surface area contributed by atoms with E-state index in [1.54, 1.807) is 6.07 Å². The smallest absolute Gasteiger partial charge is 0.119 e. The highest BCUT2D eigenvalue weighted by molar-refractivity contribution is 5.35. The van der Waals surface area contributed by atoms with E-state index in [0.717, 1.165) is 17.5 Å². The second-order valence-corrected chi connectivity index (χ2v) is 2.49. The Hall–Kier alpha value is -0.980. The zero-order valence-corrected chi connectivity index (χ0v) is 8.39. The molecule has 0 spiro atoms. The van der Waals surface area contributed by atoms with E-state index in [4.69, 9.17) is 0 Å². The maximum Gasteiger partial charge on any atom is 0.119 e. The summed E-state index contributed by atoms with van der Waals surface area (Å²) in [6.07, 6.45) is 0.895. The van der Waals surface area contributed by atoms with Crippen LogP contribution in [0, 0.1) is 6.92 Å². The Kier molecular flexibility index (Phi) is 5.18. The summed E-state index contributed by atoms with van der Waals surface area (Å²) in [7, 11) is 0. The molecule has 0 aliphatic carbocycles. The molecule has 0 amide bonds. The lowest BCUT2D eigenvalue weighted by atomic mass is 10.1. The van der Waals surface area contributed by atoms with Gasteiger partial charge in [-0.2, -0.15) is 0 Å². The molecule has 1 rings (SSSR count). The van der Waals surface area contributed by atoms with E-state index in [-0.39, 0.29) is 0 Å². The topological polar surface area (TPSA) is 20.2 Å². The van der Waals surface area contributed by atoms with Crippen molar-refractivity contribution in [3.63, 3.8) is 0 Å². The number of benzene rings is 1. The average molecular weight is 166 g/mol. The lowest BCUT2D eigenvalue weighted by Gasteiger charge is -2.00. The van der Waals surface area contributed by atoms with E-state index >= 15 is 0 Å². The fourth-order valence-electron chi connectivity index (χ4n) is 0.973. The Labute approximate surface area is 75.1 Å². The molecule has 1 heteroatoms. The normalized spacial score (nSPS) is 8.67. The molecule has 0 heterocycles. The fraction of sp³-hybridized carbons (Fsp3) is 0.455. The molecule has 1 N–H and O–H groups in total. The van der Waals surface area contributed by atoms with Gasteiger partial charge in [0, 0.05) is 0 Å². The van der Waals surface area contributed by atoms with Crippen LogP contribution >= 0.6 is 0 Å². The van der Waals surface area contributed by atoms with Crippen molar-refractivity contribution in [2.45, 2.75) is 34.1 Å². The van der Waals surface area contributed by atoms with Crippen molar-refractivity contribution in [2.75, 3.05) is 0 Å². The molecule has 0 saturated heterocycles. The van der Waals surface area contributed by atoms with Gasteiger partial charge in [0.15, 0.2) is 0 Å². The molecule has 68 valence electrons. The summed E-state index contributed by atoms with van der Waals surface area (Å²) < 4.78 is 0. The number of hydrogen-bond donors (Lipinski definition) is 1. The first-order chi connectivity index (χ1) is 5.74. The summed E-state index contributed by atoms with van der Waals surface area (Å²) in [5.41, 5.74) is 2.13. The van der Waals surface area contributed by atoms with Crippen LogP contribution in [0.5, 0.6) is 5.75 Å². The zero-order chi connectivity index (χ0) is 9.56. The first-order valence-corrected chi connectivity index (χ1v) is 4.52. The van der Waals surface area contributed by atoms with Crippen molar-refractivity contribution in [1.82, 2.24) is 0 Å². The summed E-state index contributed by atoms with van der Waals surface area (Å²) >= 11 is 0. The molecule has 0 atom stereocenters. The number of aryl methyl sites for hydroxylation is 2. The molecular weight excluding hydrogens is 148 g/mol. The van der Waals surface area contributed by atoms with E-state index in [9.17, 15) is 5.11 Å². The third-order valence-electron chi connectivity index (χ3n) is 1.62. The lowest BCUT2D eigenvalue weighted by Crippen LogP contribution is -1.81. The number of hydrogen-bond acceptors (Lipinski definition) is 1. The van der Waals surface area contributed by atoms with E-state index in [1.807, 2.05) is 39.8 Å². The highest BCUT2D eigenvalue weighted by atomic mass is 16.3. The second kappa shape index (κ2) is 5.64. The molecule has 0 saturated carbocycles. The van der Waals surface area contributed by atoms with Gasteiger partial charge in [-0.25, -0.2) is 0 Å². The van der Waals surface area contributed by atoms with Crippen molar-refractivity contribution in [3.05, 3.63) is 29.3 Å². The standard InChI is InChI=1S/C9H12O.C2H6/c1-3-8-5-4-7(2)6-9(8)10;1-2/h4-6,10H,3H2,1-2H3;1-2H3. The number of aromatic hydroxyl groups is 1. The summed E-state index contributed by atoms with van der Waals surface area (Å²) in [5, 5.41) is 9.29. The molecular formula is C11H18O. The summed E-state index contributed by atoms with van der Waals surface area (Å²) in [4.78, 5) is 0. The SMILES string of the molecule is CC.CCc1ccc(C)cc1O. The second-order valence-electron chi connectivity index (χ2n) is 2.49. The molecule has 0 fully saturated rings. The van der Waals surface area contributed by atoms with Gasteiger partial charge < -0.3 is 5.11 Å². The molecule has 1 nitrogen and oxygen atoms in total. The van der Waals surface area contributed by atoms with Crippen molar-refractivity contribution >= 4 is 0 Å². The number of phenols is 1. The van der Waals surface area contributed by atoms with Gasteiger partial charge in [0.05, 0.1) is 0 Å². The predicted molar refractivity (Wildman–Crippen MR) is 53.6 cm³/mol. The largest absolute Gasteiger partial charge is 0.508 e. The van der Waals surface area contributed by atoms with Gasteiger partial charge in [-0.05, 0) is 30.5 Å². The predicted octanol–water partition coefficient (Wildman–Crippen LogP) is 3.29. The fourth-order valence-corrected chi connectivity index (χ4v) is 0.973. The van der Waals surface area contributed by atoms with Crippen LogP contribution in [0.1, 0.15) is 31.9 Å². The highest BCUT2D eigenvalue weighted by Crippen LogP contribution is 2.18. The molecule has 1 aromatic rings. The Morgan fingerprint density at radius 2 is 1.83 bits per heavy atom. The summed E-state index contributed by atoms with van der Waals surface area (Å²) in [5.74, 6) is 0.419. The van der Waals surface area contributed by atoms with Gasteiger partial charge in [-0.15, -0.1) is 0 Å². The first kappa shape index (κ1) is 11.0. The Morgan fingerprint density at radius 1 is 1.25 bits per heavy atom.